The maximum Gasteiger partial charge on any atom is 0.513 e. The second-order valence-corrected chi connectivity index (χ2v) is 4.68. The molecule has 0 fully saturated rings. The van der Waals surface area contributed by atoms with E-state index >= 15 is 0 Å². The van der Waals surface area contributed by atoms with E-state index < -0.39 is 12.1 Å². The molecule has 0 unspecified atom stereocenters. The van der Waals surface area contributed by atoms with Crippen molar-refractivity contribution in [3.63, 3.8) is 0 Å². The fourth-order valence-corrected chi connectivity index (χ4v) is 1.78. The standard InChI is InChI=1S/C15H21NO5/c1-2-3-4-5-6-9-20-15(19)21-13-8-7-11(16)10-12(13)14(17)18/h7-8,10H,2-6,9,16H2,1H3,(H,17,18). The Morgan fingerprint density at radius 2 is 1.90 bits per heavy atom. The third-order valence-electron chi connectivity index (χ3n) is 2.90. The van der Waals surface area contributed by atoms with Gasteiger partial charge in [-0.1, -0.05) is 32.6 Å². The molecule has 1 aromatic rings. The van der Waals surface area contributed by atoms with Crippen molar-refractivity contribution < 1.29 is 24.2 Å². The Labute approximate surface area is 123 Å². The first-order chi connectivity index (χ1) is 10.0. The van der Waals surface area contributed by atoms with Crippen LogP contribution in [0.5, 0.6) is 5.75 Å². The number of carboxylic acids is 1. The molecule has 0 aliphatic heterocycles. The Hall–Kier alpha value is -2.24. The molecule has 1 rings (SSSR count). The number of hydrogen-bond donors (Lipinski definition) is 2. The Morgan fingerprint density at radius 3 is 2.57 bits per heavy atom. The molecule has 0 aliphatic rings. The number of nitrogen functional groups attached to an aromatic ring is 1. The van der Waals surface area contributed by atoms with Crippen molar-refractivity contribution in [2.75, 3.05) is 12.3 Å². The number of nitrogens with two attached hydrogens (primary N) is 1. The van der Waals surface area contributed by atoms with Crippen molar-refractivity contribution in [1.29, 1.82) is 0 Å². The van der Waals surface area contributed by atoms with Gasteiger partial charge in [-0.05, 0) is 24.6 Å². The number of unbranched alkanes of at least 4 members (excludes halogenated alkanes) is 4. The van der Waals surface area contributed by atoms with Gasteiger partial charge in [-0.2, -0.15) is 0 Å². The van der Waals surface area contributed by atoms with Crippen LogP contribution >= 0.6 is 0 Å². The summed E-state index contributed by atoms with van der Waals surface area (Å²) in [6.45, 7) is 2.39. The molecule has 116 valence electrons. The zero-order chi connectivity index (χ0) is 15.7. The topological polar surface area (TPSA) is 98.9 Å². The minimum absolute atomic E-state index is 0.0762. The van der Waals surface area contributed by atoms with Gasteiger partial charge in [0.2, 0.25) is 0 Å². The maximum atomic E-state index is 11.5. The van der Waals surface area contributed by atoms with Gasteiger partial charge in [-0.3, -0.25) is 0 Å². The highest BCUT2D eigenvalue weighted by Crippen LogP contribution is 2.22. The number of anilines is 1. The van der Waals surface area contributed by atoms with Crippen molar-refractivity contribution in [3.05, 3.63) is 23.8 Å². The quantitative estimate of drug-likeness (QED) is 0.330. The highest BCUT2D eigenvalue weighted by Gasteiger charge is 2.15. The molecular formula is C15H21NO5. The van der Waals surface area contributed by atoms with Crippen LogP contribution in [0.4, 0.5) is 10.5 Å². The van der Waals surface area contributed by atoms with Crippen LogP contribution in [-0.2, 0) is 4.74 Å². The molecule has 0 spiro atoms. The van der Waals surface area contributed by atoms with Gasteiger partial charge in [-0.15, -0.1) is 0 Å². The molecule has 0 radical (unpaired) electrons. The summed E-state index contributed by atoms with van der Waals surface area (Å²) in [6, 6.07) is 4.02. The minimum Gasteiger partial charge on any atom is -0.478 e. The molecule has 6 nitrogen and oxygen atoms in total. The van der Waals surface area contributed by atoms with E-state index in [4.69, 9.17) is 20.3 Å². The fraction of sp³-hybridized carbons (Fsp3) is 0.467. The van der Waals surface area contributed by atoms with Gasteiger partial charge >= 0.3 is 12.1 Å². The van der Waals surface area contributed by atoms with E-state index in [0.29, 0.717) is 0 Å². The van der Waals surface area contributed by atoms with E-state index in [0.717, 1.165) is 32.1 Å². The number of carbonyl (C=O) groups excluding carboxylic acids is 1. The Balaban J connectivity index is 2.43. The lowest BCUT2D eigenvalue weighted by molar-refractivity contribution is 0.0689. The van der Waals surface area contributed by atoms with Gasteiger partial charge in [0.1, 0.15) is 11.3 Å². The molecule has 1 aromatic carbocycles. The molecule has 6 heteroatoms. The molecule has 0 atom stereocenters. The molecular weight excluding hydrogens is 274 g/mol. The Kier molecular flexibility index (Phi) is 7.08. The van der Waals surface area contributed by atoms with Gasteiger partial charge < -0.3 is 20.3 Å². The van der Waals surface area contributed by atoms with E-state index in [1.165, 1.54) is 18.2 Å². The maximum absolute atomic E-state index is 11.5. The first-order valence-corrected chi connectivity index (χ1v) is 7.02. The summed E-state index contributed by atoms with van der Waals surface area (Å²) < 4.78 is 9.80. The van der Waals surface area contributed by atoms with Crippen LogP contribution in [0.3, 0.4) is 0 Å². The van der Waals surface area contributed by atoms with Crippen LogP contribution in [0, 0.1) is 0 Å². The number of benzene rings is 1. The zero-order valence-electron chi connectivity index (χ0n) is 12.1. The first kappa shape index (κ1) is 16.8. The number of carboxylic acid groups (broad SMARTS) is 1. The predicted molar refractivity (Wildman–Crippen MR) is 78.5 cm³/mol. The summed E-state index contributed by atoms with van der Waals surface area (Å²) in [5.41, 5.74) is 5.61. The van der Waals surface area contributed by atoms with E-state index in [-0.39, 0.29) is 23.6 Å². The molecule has 3 N–H and O–H groups in total. The lowest BCUT2D eigenvalue weighted by Crippen LogP contribution is -2.14. The van der Waals surface area contributed by atoms with E-state index in [2.05, 4.69) is 6.92 Å². The molecule has 0 bridgehead atoms. The van der Waals surface area contributed by atoms with Crippen LogP contribution < -0.4 is 10.5 Å². The highest BCUT2D eigenvalue weighted by molar-refractivity contribution is 5.92. The fourth-order valence-electron chi connectivity index (χ4n) is 1.78. The monoisotopic (exact) mass is 295 g/mol. The van der Waals surface area contributed by atoms with Gasteiger partial charge in [0.15, 0.2) is 0 Å². The number of rotatable bonds is 8. The van der Waals surface area contributed by atoms with Crippen molar-refractivity contribution in [2.24, 2.45) is 0 Å². The van der Waals surface area contributed by atoms with Crippen LogP contribution in [-0.4, -0.2) is 23.8 Å². The Bertz CT molecular complexity index is 487. The van der Waals surface area contributed by atoms with Gasteiger partial charge in [-0.25, -0.2) is 9.59 Å². The molecule has 0 amide bonds. The average molecular weight is 295 g/mol. The van der Waals surface area contributed by atoms with Gasteiger partial charge in [0.25, 0.3) is 0 Å². The van der Waals surface area contributed by atoms with E-state index in [9.17, 15) is 9.59 Å². The predicted octanol–water partition coefficient (Wildman–Crippen LogP) is 3.45. The third kappa shape index (κ3) is 6.16. The number of hydrogen-bond acceptors (Lipinski definition) is 5. The second kappa shape index (κ2) is 8.84. The van der Waals surface area contributed by atoms with Crippen molar-refractivity contribution >= 4 is 17.8 Å². The summed E-state index contributed by atoms with van der Waals surface area (Å²) in [6.07, 6.45) is 4.27. The van der Waals surface area contributed by atoms with E-state index in [1.807, 2.05) is 0 Å². The number of ether oxygens (including phenoxy) is 2. The average Bonchev–Trinajstić information content (AvgIpc) is 2.44. The minimum atomic E-state index is -1.22. The number of carbonyl (C=O) groups is 2. The summed E-state index contributed by atoms with van der Waals surface area (Å²) in [4.78, 5) is 22.5. The third-order valence-corrected chi connectivity index (χ3v) is 2.90. The molecule has 21 heavy (non-hydrogen) atoms. The summed E-state index contributed by atoms with van der Waals surface area (Å²) in [5, 5.41) is 9.01. The van der Waals surface area contributed by atoms with Gasteiger partial charge in [0.05, 0.1) is 6.61 Å². The van der Waals surface area contributed by atoms with Crippen LogP contribution in [0.2, 0.25) is 0 Å². The van der Waals surface area contributed by atoms with Crippen LogP contribution in [0.15, 0.2) is 18.2 Å². The van der Waals surface area contributed by atoms with Crippen molar-refractivity contribution in [1.82, 2.24) is 0 Å². The largest absolute Gasteiger partial charge is 0.513 e. The summed E-state index contributed by atoms with van der Waals surface area (Å²) in [7, 11) is 0. The second-order valence-electron chi connectivity index (χ2n) is 4.68. The van der Waals surface area contributed by atoms with E-state index in [1.54, 1.807) is 0 Å². The molecule has 0 aromatic heterocycles. The normalized spacial score (nSPS) is 10.1. The lowest BCUT2D eigenvalue weighted by Gasteiger charge is -2.08. The molecule has 0 saturated carbocycles. The first-order valence-electron chi connectivity index (χ1n) is 7.02. The Morgan fingerprint density at radius 1 is 1.19 bits per heavy atom. The summed E-state index contributed by atoms with van der Waals surface area (Å²) in [5.74, 6) is -1.29. The molecule has 0 aliphatic carbocycles. The lowest BCUT2D eigenvalue weighted by atomic mass is 10.2. The number of aromatic carboxylic acids is 1. The van der Waals surface area contributed by atoms with Crippen LogP contribution in [0.1, 0.15) is 49.4 Å². The molecule has 0 heterocycles. The smallest absolute Gasteiger partial charge is 0.478 e. The highest BCUT2D eigenvalue weighted by atomic mass is 16.7. The SMILES string of the molecule is CCCCCCCOC(=O)Oc1ccc(N)cc1C(=O)O. The summed E-state index contributed by atoms with van der Waals surface area (Å²) >= 11 is 0. The van der Waals surface area contributed by atoms with Crippen LogP contribution in [0.25, 0.3) is 0 Å². The van der Waals surface area contributed by atoms with Crippen molar-refractivity contribution in [2.45, 2.75) is 39.0 Å². The van der Waals surface area contributed by atoms with Gasteiger partial charge in [0, 0.05) is 5.69 Å². The van der Waals surface area contributed by atoms with Crippen molar-refractivity contribution in [3.8, 4) is 5.75 Å². The zero-order valence-corrected chi connectivity index (χ0v) is 12.1. The molecule has 0 saturated heterocycles.